The summed E-state index contributed by atoms with van der Waals surface area (Å²) in [5, 5.41) is 10.3. The SMILES string of the molecule is C=CCCC(CC)CN1C[C@@]2(CCCc3cc(Cl)ccc32)COc2ccc(C#N)cc21. The van der Waals surface area contributed by atoms with Gasteiger partial charge < -0.3 is 9.64 Å². The standard InChI is InChI=1S/C27H31ClN2O/c1-3-5-7-20(4-2)17-30-18-27(13-6-8-22-15-23(28)10-11-24(22)27)19-31-26-12-9-21(16-29)14-25(26)30/h3,9-12,14-15,20H,1,4-8,13,17-19H2,2H3/t20?,27-/m0/s1. The average molecular weight is 435 g/mol. The van der Waals surface area contributed by atoms with Crippen LogP contribution in [-0.4, -0.2) is 19.7 Å². The van der Waals surface area contributed by atoms with E-state index < -0.39 is 0 Å². The Bertz CT molecular complexity index is 995. The minimum absolute atomic E-state index is 0.0687. The highest BCUT2D eigenvalue weighted by atomic mass is 35.5. The van der Waals surface area contributed by atoms with Crippen molar-refractivity contribution in [1.29, 1.82) is 5.26 Å². The van der Waals surface area contributed by atoms with Gasteiger partial charge in [0.05, 0.1) is 23.9 Å². The topological polar surface area (TPSA) is 36.3 Å². The molecule has 4 rings (SSSR count). The lowest BCUT2D eigenvalue weighted by atomic mass is 9.70. The molecule has 0 aromatic heterocycles. The van der Waals surface area contributed by atoms with Crippen molar-refractivity contribution in [2.45, 2.75) is 50.9 Å². The summed E-state index contributed by atoms with van der Waals surface area (Å²) in [7, 11) is 0. The zero-order chi connectivity index (χ0) is 21.8. The van der Waals surface area contributed by atoms with E-state index in [1.807, 2.05) is 30.3 Å². The number of hydrogen-bond acceptors (Lipinski definition) is 3. The van der Waals surface area contributed by atoms with Crippen LogP contribution in [0.15, 0.2) is 49.1 Å². The number of aryl methyl sites for hydroxylation is 1. The van der Waals surface area contributed by atoms with E-state index >= 15 is 0 Å². The van der Waals surface area contributed by atoms with Gasteiger partial charge in [0.25, 0.3) is 0 Å². The zero-order valence-corrected chi connectivity index (χ0v) is 19.1. The third kappa shape index (κ3) is 4.46. The number of nitrogens with zero attached hydrogens (tertiary/aromatic N) is 2. The van der Waals surface area contributed by atoms with E-state index in [-0.39, 0.29) is 5.41 Å². The second kappa shape index (κ2) is 9.37. The molecule has 3 nitrogen and oxygen atoms in total. The molecule has 1 unspecified atom stereocenters. The molecule has 0 N–H and O–H groups in total. The molecule has 1 spiro atoms. The van der Waals surface area contributed by atoms with Crippen LogP contribution in [0.25, 0.3) is 0 Å². The Labute approximate surface area is 191 Å². The lowest BCUT2D eigenvalue weighted by Gasteiger charge is -2.41. The molecule has 0 bridgehead atoms. The summed E-state index contributed by atoms with van der Waals surface area (Å²) < 4.78 is 6.45. The van der Waals surface area contributed by atoms with Crippen LogP contribution >= 0.6 is 11.6 Å². The molecule has 2 atom stereocenters. The number of hydrogen-bond donors (Lipinski definition) is 0. The normalized spacial score (nSPS) is 20.7. The van der Waals surface area contributed by atoms with E-state index in [2.05, 4.69) is 36.6 Å². The predicted molar refractivity (Wildman–Crippen MR) is 128 cm³/mol. The summed E-state index contributed by atoms with van der Waals surface area (Å²) in [6.07, 6.45) is 8.60. The molecule has 0 radical (unpaired) electrons. The lowest BCUT2D eigenvalue weighted by molar-refractivity contribution is 0.206. The number of rotatable bonds is 6. The van der Waals surface area contributed by atoms with Crippen LogP contribution in [0.4, 0.5) is 5.69 Å². The third-order valence-corrected chi connectivity index (χ3v) is 7.24. The van der Waals surface area contributed by atoms with E-state index in [0.29, 0.717) is 18.1 Å². The van der Waals surface area contributed by atoms with Gasteiger partial charge in [-0.1, -0.05) is 37.1 Å². The maximum atomic E-state index is 9.51. The van der Waals surface area contributed by atoms with Crippen LogP contribution in [0.2, 0.25) is 5.02 Å². The Morgan fingerprint density at radius 2 is 2.19 bits per heavy atom. The van der Waals surface area contributed by atoms with Gasteiger partial charge in [-0.2, -0.15) is 5.26 Å². The van der Waals surface area contributed by atoms with Crippen molar-refractivity contribution in [3.63, 3.8) is 0 Å². The first-order valence-electron chi connectivity index (χ1n) is 11.4. The van der Waals surface area contributed by atoms with Gasteiger partial charge in [0.15, 0.2) is 0 Å². The highest BCUT2D eigenvalue weighted by molar-refractivity contribution is 6.30. The van der Waals surface area contributed by atoms with Gasteiger partial charge in [-0.15, -0.1) is 6.58 Å². The zero-order valence-electron chi connectivity index (χ0n) is 18.4. The number of fused-ring (bicyclic) bond motifs is 3. The second-order valence-corrected chi connectivity index (χ2v) is 9.48. The van der Waals surface area contributed by atoms with Crippen LogP contribution < -0.4 is 9.64 Å². The van der Waals surface area contributed by atoms with Gasteiger partial charge in [0.1, 0.15) is 5.75 Å². The summed E-state index contributed by atoms with van der Waals surface area (Å²) >= 11 is 6.33. The molecular formula is C27H31ClN2O. The van der Waals surface area contributed by atoms with Crippen molar-refractivity contribution in [1.82, 2.24) is 0 Å². The Hall–Kier alpha value is -2.44. The summed E-state index contributed by atoms with van der Waals surface area (Å²) in [6.45, 7) is 8.68. The van der Waals surface area contributed by atoms with Gasteiger partial charge >= 0.3 is 0 Å². The molecule has 2 aromatic carbocycles. The van der Waals surface area contributed by atoms with Crippen LogP contribution in [0.1, 0.15) is 55.7 Å². The van der Waals surface area contributed by atoms with Crippen molar-refractivity contribution in [3.8, 4) is 11.8 Å². The first-order valence-corrected chi connectivity index (χ1v) is 11.8. The maximum absolute atomic E-state index is 9.51. The molecule has 1 aliphatic carbocycles. The molecule has 162 valence electrons. The number of nitriles is 1. The molecule has 1 aliphatic heterocycles. The lowest BCUT2D eigenvalue weighted by Crippen LogP contribution is -2.46. The smallest absolute Gasteiger partial charge is 0.142 e. The average Bonchev–Trinajstić information content (AvgIpc) is 2.93. The molecule has 1 heterocycles. The maximum Gasteiger partial charge on any atom is 0.142 e. The quantitative estimate of drug-likeness (QED) is 0.476. The van der Waals surface area contributed by atoms with Crippen molar-refractivity contribution in [2.24, 2.45) is 5.92 Å². The van der Waals surface area contributed by atoms with Gasteiger partial charge in [-0.05, 0) is 79.5 Å². The molecule has 2 aliphatic rings. The summed E-state index contributed by atoms with van der Waals surface area (Å²) in [6, 6.07) is 14.5. The fraction of sp³-hybridized carbons (Fsp3) is 0.444. The van der Waals surface area contributed by atoms with Gasteiger partial charge in [-0.3, -0.25) is 0 Å². The van der Waals surface area contributed by atoms with Crippen LogP contribution in [0.3, 0.4) is 0 Å². The minimum atomic E-state index is -0.0687. The van der Waals surface area contributed by atoms with E-state index in [1.165, 1.54) is 11.1 Å². The third-order valence-electron chi connectivity index (χ3n) is 7.00. The number of ether oxygens (including phenoxy) is 1. The highest BCUT2D eigenvalue weighted by Gasteiger charge is 2.42. The summed E-state index contributed by atoms with van der Waals surface area (Å²) in [4.78, 5) is 2.49. The summed E-state index contributed by atoms with van der Waals surface area (Å²) in [5.41, 5.74) is 4.39. The van der Waals surface area contributed by atoms with Gasteiger partial charge in [-0.25, -0.2) is 0 Å². The first kappa shape index (κ1) is 21.8. The van der Waals surface area contributed by atoms with E-state index in [0.717, 1.165) is 68.1 Å². The summed E-state index contributed by atoms with van der Waals surface area (Å²) in [5.74, 6) is 1.45. The Kier molecular flexibility index (Phi) is 6.58. The fourth-order valence-electron chi connectivity index (χ4n) is 5.27. The molecule has 2 aromatic rings. The van der Waals surface area contributed by atoms with Crippen molar-refractivity contribution in [2.75, 3.05) is 24.6 Å². The van der Waals surface area contributed by atoms with Crippen LogP contribution in [0, 0.1) is 17.2 Å². The monoisotopic (exact) mass is 434 g/mol. The first-order chi connectivity index (χ1) is 15.1. The van der Waals surface area contributed by atoms with Crippen LogP contribution in [-0.2, 0) is 11.8 Å². The molecule has 0 saturated carbocycles. The van der Waals surface area contributed by atoms with Crippen molar-refractivity contribution >= 4 is 17.3 Å². The molecule has 0 fully saturated rings. The molecule has 0 saturated heterocycles. The Morgan fingerprint density at radius 1 is 1.32 bits per heavy atom. The van der Waals surface area contributed by atoms with E-state index in [9.17, 15) is 5.26 Å². The molecule has 0 amide bonds. The van der Waals surface area contributed by atoms with Gasteiger partial charge in [0.2, 0.25) is 0 Å². The van der Waals surface area contributed by atoms with E-state index in [4.69, 9.17) is 16.3 Å². The largest absolute Gasteiger partial charge is 0.490 e. The van der Waals surface area contributed by atoms with Crippen LogP contribution in [0.5, 0.6) is 5.75 Å². The number of allylic oxidation sites excluding steroid dienone is 1. The molecule has 4 heteroatoms. The molecule has 31 heavy (non-hydrogen) atoms. The fourth-order valence-corrected chi connectivity index (χ4v) is 5.47. The van der Waals surface area contributed by atoms with Gasteiger partial charge in [0, 0.05) is 23.5 Å². The predicted octanol–water partition coefficient (Wildman–Crippen LogP) is 6.68. The number of benzene rings is 2. The Balaban J connectivity index is 1.75. The van der Waals surface area contributed by atoms with E-state index in [1.54, 1.807) is 0 Å². The Morgan fingerprint density at radius 3 is 2.97 bits per heavy atom. The molecular weight excluding hydrogens is 404 g/mol. The van der Waals surface area contributed by atoms with Crippen molar-refractivity contribution in [3.05, 3.63) is 70.8 Å². The number of anilines is 1. The second-order valence-electron chi connectivity index (χ2n) is 9.04. The van der Waals surface area contributed by atoms with Crippen molar-refractivity contribution < 1.29 is 4.74 Å². The highest BCUT2D eigenvalue weighted by Crippen LogP contribution is 2.44. The minimum Gasteiger partial charge on any atom is -0.490 e. The number of halogens is 1.